The number of carbonyl (C=O) groups is 3. The average molecular weight is 562 g/mol. The van der Waals surface area contributed by atoms with Gasteiger partial charge in [-0.1, -0.05) is 81.8 Å². The third kappa shape index (κ3) is 5.99. The minimum Gasteiger partial charge on any atom is -0.395 e. The molecule has 2 aliphatic carbocycles. The van der Waals surface area contributed by atoms with Gasteiger partial charge in [0.05, 0.1) is 11.4 Å². The molecule has 8 nitrogen and oxygen atoms in total. The van der Waals surface area contributed by atoms with Crippen LogP contribution in [0, 0.1) is 0 Å². The van der Waals surface area contributed by atoms with Crippen molar-refractivity contribution < 1.29 is 14.4 Å². The summed E-state index contributed by atoms with van der Waals surface area (Å²) in [5.74, 6) is -0.943. The van der Waals surface area contributed by atoms with Crippen LogP contribution in [0.5, 0.6) is 0 Å². The Morgan fingerprint density at radius 1 is 0.925 bits per heavy atom. The van der Waals surface area contributed by atoms with Gasteiger partial charge in [-0.15, -0.1) is 0 Å². The number of nitrogen functional groups attached to an aromatic ring is 1. The van der Waals surface area contributed by atoms with Gasteiger partial charge in [-0.25, -0.2) is 0 Å². The van der Waals surface area contributed by atoms with Gasteiger partial charge in [0.1, 0.15) is 10.9 Å². The molecule has 2 saturated carbocycles. The molecule has 3 aromatic rings. The molecular formula is C31H39N5O3S. The van der Waals surface area contributed by atoms with Gasteiger partial charge in [-0.05, 0) is 55.1 Å². The number of nitrogens with two attached hydrogens (primary N) is 1. The second-order valence-corrected chi connectivity index (χ2v) is 11.8. The van der Waals surface area contributed by atoms with E-state index < -0.39 is 11.9 Å². The van der Waals surface area contributed by atoms with Crippen LogP contribution in [0.25, 0.3) is 10.8 Å². The molecule has 1 heterocycles. The highest BCUT2D eigenvalue weighted by Crippen LogP contribution is 2.33. The fraction of sp³-hybridized carbons (Fsp3) is 0.484. The van der Waals surface area contributed by atoms with E-state index >= 15 is 0 Å². The number of aromatic nitrogens is 1. The fourth-order valence-electron chi connectivity index (χ4n) is 6.09. The normalized spacial score (nSPS) is 17.3. The number of rotatable bonds is 8. The lowest BCUT2D eigenvalue weighted by Crippen LogP contribution is -2.52. The Labute approximate surface area is 239 Å². The lowest BCUT2D eigenvalue weighted by Gasteiger charge is -2.33. The number of carbonyl (C=O) groups excluding carboxylic acids is 3. The van der Waals surface area contributed by atoms with Gasteiger partial charge in [-0.3, -0.25) is 19.3 Å². The van der Waals surface area contributed by atoms with Gasteiger partial charge in [0.15, 0.2) is 5.69 Å². The molecule has 2 aromatic carbocycles. The summed E-state index contributed by atoms with van der Waals surface area (Å²) < 4.78 is 4.32. The highest BCUT2D eigenvalue weighted by Gasteiger charge is 2.36. The summed E-state index contributed by atoms with van der Waals surface area (Å²) in [6, 6.07) is 13.0. The zero-order valence-electron chi connectivity index (χ0n) is 23.2. The number of nitrogens with zero attached hydrogens (tertiary/aromatic N) is 2. The van der Waals surface area contributed by atoms with Gasteiger partial charge in [0, 0.05) is 17.5 Å². The number of anilines is 2. The van der Waals surface area contributed by atoms with Crippen LogP contribution in [0.1, 0.15) is 97.7 Å². The molecule has 0 bridgehead atoms. The van der Waals surface area contributed by atoms with E-state index in [1.165, 1.54) is 12.8 Å². The van der Waals surface area contributed by atoms with Gasteiger partial charge in [0.25, 0.3) is 11.8 Å². The summed E-state index contributed by atoms with van der Waals surface area (Å²) >= 11 is 0.920. The molecule has 3 amide bonds. The smallest absolute Gasteiger partial charge is 0.273 e. The quantitative estimate of drug-likeness (QED) is 0.321. The van der Waals surface area contributed by atoms with Crippen LogP contribution in [0.3, 0.4) is 0 Å². The van der Waals surface area contributed by atoms with Gasteiger partial charge < -0.3 is 16.4 Å². The van der Waals surface area contributed by atoms with Crippen LogP contribution in [0.2, 0.25) is 0 Å². The highest BCUT2D eigenvalue weighted by molar-refractivity contribution is 7.09. The van der Waals surface area contributed by atoms with E-state index in [1.807, 2.05) is 49.4 Å². The first kappa shape index (κ1) is 28.1. The summed E-state index contributed by atoms with van der Waals surface area (Å²) in [6.07, 6.45) is 10.9. The largest absolute Gasteiger partial charge is 0.395 e. The molecule has 5 rings (SSSR count). The number of amides is 3. The molecule has 1 aromatic heterocycles. The molecular weight excluding hydrogens is 522 g/mol. The monoisotopic (exact) mass is 561 g/mol. The topological polar surface area (TPSA) is 117 Å². The molecule has 0 spiro atoms. The van der Waals surface area contributed by atoms with Crippen molar-refractivity contribution in [3.8, 4) is 0 Å². The van der Waals surface area contributed by atoms with E-state index in [0.29, 0.717) is 12.1 Å². The third-order valence-electron chi connectivity index (χ3n) is 8.28. The van der Waals surface area contributed by atoms with Crippen LogP contribution >= 0.6 is 11.5 Å². The molecule has 1 atom stereocenters. The lowest BCUT2D eigenvalue weighted by atomic mass is 9.95. The number of nitrogens with one attached hydrogen (secondary N) is 2. The van der Waals surface area contributed by atoms with Crippen molar-refractivity contribution in [1.29, 1.82) is 0 Å². The van der Waals surface area contributed by atoms with Crippen molar-refractivity contribution in [2.75, 3.05) is 10.6 Å². The van der Waals surface area contributed by atoms with E-state index in [9.17, 15) is 14.4 Å². The Kier molecular flexibility index (Phi) is 8.99. The maximum atomic E-state index is 14.3. The summed E-state index contributed by atoms with van der Waals surface area (Å²) in [5, 5.41) is 8.09. The van der Waals surface area contributed by atoms with E-state index in [0.717, 1.165) is 73.7 Å². The van der Waals surface area contributed by atoms with E-state index in [4.69, 9.17) is 5.73 Å². The molecule has 0 saturated heterocycles. The molecule has 2 aliphatic rings. The minimum atomic E-state index is -0.749. The van der Waals surface area contributed by atoms with Crippen LogP contribution in [0.4, 0.5) is 11.4 Å². The van der Waals surface area contributed by atoms with Crippen molar-refractivity contribution in [3.63, 3.8) is 0 Å². The number of hydrogen-bond acceptors (Lipinski definition) is 6. The molecule has 0 radical (unpaired) electrons. The van der Waals surface area contributed by atoms with Gasteiger partial charge in [-0.2, -0.15) is 4.37 Å². The molecule has 40 heavy (non-hydrogen) atoms. The Morgan fingerprint density at radius 3 is 2.23 bits per heavy atom. The van der Waals surface area contributed by atoms with Crippen molar-refractivity contribution >= 4 is 51.4 Å². The predicted octanol–water partition coefficient (Wildman–Crippen LogP) is 5.82. The van der Waals surface area contributed by atoms with Crippen molar-refractivity contribution in [2.24, 2.45) is 0 Å². The second-order valence-electron chi connectivity index (χ2n) is 11.0. The first-order valence-electron chi connectivity index (χ1n) is 14.7. The maximum absolute atomic E-state index is 14.3. The highest BCUT2D eigenvalue weighted by atomic mass is 32.1. The molecule has 2 fully saturated rings. The summed E-state index contributed by atoms with van der Waals surface area (Å²) in [4.78, 5) is 42.9. The molecule has 212 valence electrons. The van der Waals surface area contributed by atoms with Crippen molar-refractivity contribution in [1.82, 2.24) is 15.0 Å². The predicted molar refractivity (Wildman–Crippen MR) is 161 cm³/mol. The van der Waals surface area contributed by atoms with E-state index in [-0.39, 0.29) is 40.2 Å². The number of hydrogen-bond donors (Lipinski definition) is 3. The van der Waals surface area contributed by atoms with Crippen LogP contribution in [-0.4, -0.2) is 40.2 Å². The Balaban J connectivity index is 1.49. The van der Waals surface area contributed by atoms with Crippen molar-refractivity contribution in [3.05, 3.63) is 53.0 Å². The summed E-state index contributed by atoms with van der Waals surface area (Å²) in [5.41, 5.74) is 7.22. The van der Waals surface area contributed by atoms with Crippen LogP contribution < -0.4 is 21.3 Å². The Morgan fingerprint density at radius 2 is 1.55 bits per heavy atom. The van der Waals surface area contributed by atoms with E-state index in [1.54, 1.807) is 4.90 Å². The van der Waals surface area contributed by atoms with Gasteiger partial charge in [0.2, 0.25) is 5.91 Å². The third-order valence-corrected chi connectivity index (χ3v) is 9.13. The zero-order chi connectivity index (χ0) is 28.1. The molecule has 0 aliphatic heterocycles. The van der Waals surface area contributed by atoms with Crippen LogP contribution in [0.15, 0.2) is 42.5 Å². The molecule has 4 N–H and O–H groups in total. The fourth-order valence-corrected chi connectivity index (χ4v) is 6.83. The van der Waals surface area contributed by atoms with Crippen molar-refractivity contribution in [2.45, 2.75) is 95.7 Å². The first-order chi connectivity index (χ1) is 19.5. The maximum Gasteiger partial charge on any atom is 0.273 e. The SMILES string of the molecule is CCC(C(=O)NC1CCCCC1)N(C(=O)c1snc(C(=O)NC2CCCCC2)c1N)c1cccc2ccccc12. The second kappa shape index (κ2) is 12.8. The van der Waals surface area contributed by atoms with Gasteiger partial charge >= 0.3 is 0 Å². The Bertz CT molecular complexity index is 1350. The Hall–Kier alpha value is -3.46. The summed E-state index contributed by atoms with van der Waals surface area (Å²) in [7, 11) is 0. The number of benzene rings is 2. The summed E-state index contributed by atoms with van der Waals surface area (Å²) in [6.45, 7) is 1.91. The zero-order valence-corrected chi connectivity index (χ0v) is 24.0. The first-order valence-corrected chi connectivity index (χ1v) is 15.4. The molecule has 1 unspecified atom stereocenters. The lowest BCUT2D eigenvalue weighted by molar-refractivity contribution is -0.123. The van der Waals surface area contributed by atoms with E-state index in [2.05, 4.69) is 15.0 Å². The minimum absolute atomic E-state index is 0.0658. The number of fused-ring (bicyclic) bond motifs is 1. The standard InChI is InChI=1S/C31H39N5O3S/c1-2-24(29(37)33-21-14-5-3-6-15-21)36(25-19-11-13-20-12-9-10-18-23(20)25)31(39)28-26(32)27(35-40-28)30(38)34-22-16-7-4-8-17-22/h9-13,18-19,21-22,24H,2-8,14-17,32H2,1H3,(H,33,37)(H,34,38). The van der Waals surface area contributed by atoms with Crippen LogP contribution in [-0.2, 0) is 4.79 Å². The molecule has 9 heteroatoms. The average Bonchev–Trinajstić information content (AvgIpc) is 3.37.